The van der Waals surface area contributed by atoms with E-state index in [1.165, 1.54) is 18.2 Å². The zero-order valence-electron chi connectivity index (χ0n) is 20.0. The van der Waals surface area contributed by atoms with E-state index < -0.39 is 47.2 Å². The van der Waals surface area contributed by atoms with Crippen molar-refractivity contribution in [2.24, 2.45) is 17.3 Å². The molecule has 2 N–H and O–H groups in total. The molecule has 2 aromatic rings. The molecular weight excluding hydrogens is 488 g/mol. The predicted molar refractivity (Wildman–Crippen MR) is 122 cm³/mol. The quantitative estimate of drug-likeness (QED) is 0.407. The van der Waals surface area contributed by atoms with Crippen molar-refractivity contribution >= 4 is 16.7 Å². The number of halogens is 6. The molecule has 2 aliphatic carbocycles. The molecule has 0 spiro atoms. The molecule has 36 heavy (non-hydrogen) atoms. The minimum atomic E-state index is -4.71. The minimum absolute atomic E-state index is 0.0248. The third kappa shape index (κ3) is 5.28. The van der Waals surface area contributed by atoms with Crippen LogP contribution in [0, 0.1) is 17.3 Å². The second kappa shape index (κ2) is 9.43. The summed E-state index contributed by atoms with van der Waals surface area (Å²) >= 11 is 0. The normalized spacial score (nSPS) is 26.4. The molecule has 2 aliphatic rings. The third-order valence-corrected chi connectivity index (χ3v) is 7.88. The molecule has 2 saturated carbocycles. The van der Waals surface area contributed by atoms with Crippen molar-refractivity contribution in [3.8, 4) is 5.75 Å². The van der Waals surface area contributed by atoms with E-state index in [0.717, 1.165) is 5.56 Å². The van der Waals surface area contributed by atoms with Gasteiger partial charge in [0.25, 0.3) is 0 Å². The van der Waals surface area contributed by atoms with Crippen molar-refractivity contribution < 1.29 is 41.0 Å². The molecule has 2 fully saturated rings. The third-order valence-electron chi connectivity index (χ3n) is 7.88. The SMILES string of the molecule is CC1(C)C(NCc2ccc3c(C(F)(F)F)c(O[C@H]4CC[C@@H](C(F)(F)F)CC4)ccc3c2)CC1C(=O)O. The number of fused-ring (bicyclic) bond motifs is 1. The highest BCUT2D eigenvalue weighted by Gasteiger charge is 2.51. The van der Waals surface area contributed by atoms with Crippen LogP contribution in [0.25, 0.3) is 10.8 Å². The van der Waals surface area contributed by atoms with Gasteiger partial charge in [-0.1, -0.05) is 32.0 Å². The van der Waals surface area contributed by atoms with Crippen molar-refractivity contribution in [3.05, 3.63) is 41.5 Å². The fourth-order valence-corrected chi connectivity index (χ4v) is 5.48. The number of benzene rings is 2. The Hall–Kier alpha value is -2.49. The van der Waals surface area contributed by atoms with Gasteiger partial charge in [-0.2, -0.15) is 26.3 Å². The van der Waals surface area contributed by atoms with E-state index in [9.17, 15) is 36.2 Å². The fraction of sp³-hybridized carbons (Fsp3) is 0.577. The second-order valence-corrected chi connectivity index (χ2v) is 10.5. The van der Waals surface area contributed by atoms with Crippen LogP contribution < -0.4 is 10.1 Å². The topological polar surface area (TPSA) is 58.6 Å². The van der Waals surface area contributed by atoms with Gasteiger partial charge in [0.15, 0.2) is 0 Å². The summed E-state index contributed by atoms with van der Waals surface area (Å²) in [5, 5.41) is 12.9. The maximum Gasteiger partial charge on any atom is 0.420 e. The van der Waals surface area contributed by atoms with Gasteiger partial charge in [-0.15, -0.1) is 0 Å². The van der Waals surface area contributed by atoms with Crippen LogP contribution in [0.4, 0.5) is 26.3 Å². The lowest BCUT2D eigenvalue weighted by Crippen LogP contribution is -2.58. The number of rotatable bonds is 6. The van der Waals surface area contributed by atoms with E-state index in [4.69, 9.17) is 4.74 Å². The molecule has 4 rings (SSSR count). The summed E-state index contributed by atoms with van der Waals surface area (Å²) in [6.45, 7) is 4.12. The summed E-state index contributed by atoms with van der Waals surface area (Å²) in [6.07, 6.45) is -9.46. The molecule has 0 saturated heterocycles. The van der Waals surface area contributed by atoms with Crippen LogP contribution in [0.3, 0.4) is 0 Å². The summed E-state index contributed by atoms with van der Waals surface area (Å²) in [4.78, 5) is 11.3. The van der Waals surface area contributed by atoms with Crippen LogP contribution in [-0.2, 0) is 17.5 Å². The summed E-state index contributed by atoms with van der Waals surface area (Å²) in [5.41, 5.74) is -0.608. The zero-order valence-corrected chi connectivity index (χ0v) is 20.0. The lowest BCUT2D eigenvalue weighted by atomic mass is 9.58. The number of aliphatic carboxylic acids is 1. The Balaban J connectivity index is 1.50. The standard InChI is InChI=1S/C26H29F6NO3/c1-24(2)19(23(34)35)12-21(24)33-13-14-3-9-18-15(11-14)4-10-20(22(18)26(30,31)32)36-17-7-5-16(6-8-17)25(27,28)29/h3-4,9-11,16-17,19,21,33H,5-8,12-13H2,1-2H3,(H,34,35)/t16-,17+,19?,21?. The van der Waals surface area contributed by atoms with Gasteiger partial charge in [-0.25, -0.2) is 0 Å². The van der Waals surface area contributed by atoms with Crippen LogP contribution >= 0.6 is 0 Å². The molecule has 10 heteroatoms. The van der Waals surface area contributed by atoms with Gasteiger partial charge in [-0.3, -0.25) is 4.79 Å². The molecular formula is C26H29F6NO3. The van der Waals surface area contributed by atoms with E-state index in [0.29, 0.717) is 18.4 Å². The van der Waals surface area contributed by atoms with Crippen molar-refractivity contribution in [1.29, 1.82) is 0 Å². The summed E-state index contributed by atoms with van der Waals surface area (Å²) in [7, 11) is 0. The zero-order chi connectivity index (χ0) is 26.5. The first-order chi connectivity index (χ1) is 16.7. The lowest BCUT2D eigenvalue weighted by Gasteiger charge is -2.50. The van der Waals surface area contributed by atoms with E-state index in [1.54, 1.807) is 12.1 Å². The predicted octanol–water partition coefficient (Wildman–Crippen LogP) is 6.95. The Kier molecular flexibility index (Phi) is 6.96. The fourth-order valence-electron chi connectivity index (χ4n) is 5.48. The highest BCUT2D eigenvalue weighted by molar-refractivity contribution is 5.89. The molecule has 198 valence electrons. The van der Waals surface area contributed by atoms with E-state index in [-0.39, 0.29) is 42.9 Å². The Morgan fingerprint density at radius 1 is 1.06 bits per heavy atom. The number of carboxylic acids is 1. The number of hydrogen-bond donors (Lipinski definition) is 2. The Bertz CT molecular complexity index is 1120. The molecule has 2 unspecified atom stereocenters. The molecule has 4 nitrogen and oxygen atoms in total. The lowest BCUT2D eigenvalue weighted by molar-refractivity contribution is -0.185. The van der Waals surface area contributed by atoms with Crippen molar-refractivity contribution in [2.45, 2.75) is 77.0 Å². The smallest absolute Gasteiger partial charge is 0.420 e. The first-order valence-electron chi connectivity index (χ1n) is 12.0. The Morgan fingerprint density at radius 2 is 1.72 bits per heavy atom. The molecule has 0 bridgehead atoms. The van der Waals surface area contributed by atoms with Crippen LogP contribution in [0.1, 0.15) is 57.1 Å². The van der Waals surface area contributed by atoms with Gasteiger partial charge in [-0.05, 0) is 66.0 Å². The van der Waals surface area contributed by atoms with Gasteiger partial charge >= 0.3 is 18.3 Å². The maximum atomic E-state index is 14.1. The van der Waals surface area contributed by atoms with Gasteiger partial charge in [0.2, 0.25) is 0 Å². The summed E-state index contributed by atoms with van der Waals surface area (Å²) in [6, 6.07) is 7.36. The average Bonchev–Trinajstić information content (AvgIpc) is 2.76. The number of carbonyl (C=O) groups is 1. The molecule has 2 atom stereocenters. The number of carboxylic acid groups (broad SMARTS) is 1. The minimum Gasteiger partial charge on any atom is -0.490 e. The van der Waals surface area contributed by atoms with Gasteiger partial charge in [0.05, 0.1) is 17.9 Å². The molecule has 0 heterocycles. The van der Waals surface area contributed by atoms with Crippen LogP contribution in [0.2, 0.25) is 0 Å². The highest BCUT2D eigenvalue weighted by Crippen LogP contribution is 2.47. The largest absolute Gasteiger partial charge is 0.490 e. The highest BCUT2D eigenvalue weighted by atomic mass is 19.4. The number of alkyl halides is 6. The molecule has 0 aliphatic heterocycles. The first-order valence-corrected chi connectivity index (χ1v) is 12.0. The van der Waals surface area contributed by atoms with Gasteiger partial charge in [0, 0.05) is 12.6 Å². The number of hydrogen-bond acceptors (Lipinski definition) is 3. The van der Waals surface area contributed by atoms with Crippen LogP contribution in [0.15, 0.2) is 30.3 Å². The van der Waals surface area contributed by atoms with Crippen LogP contribution in [-0.4, -0.2) is 29.4 Å². The van der Waals surface area contributed by atoms with Gasteiger partial charge in [0.1, 0.15) is 11.3 Å². The van der Waals surface area contributed by atoms with E-state index in [1.807, 2.05) is 13.8 Å². The Morgan fingerprint density at radius 3 is 2.28 bits per heavy atom. The maximum absolute atomic E-state index is 14.1. The number of nitrogens with one attached hydrogen (secondary N) is 1. The molecule has 0 aromatic heterocycles. The summed E-state index contributed by atoms with van der Waals surface area (Å²) < 4.78 is 86.5. The van der Waals surface area contributed by atoms with Crippen LogP contribution in [0.5, 0.6) is 5.75 Å². The van der Waals surface area contributed by atoms with Crippen molar-refractivity contribution in [1.82, 2.24) is 5.32 Å². The second-order valence-electron chi connectivity index (χ2n) is 10.5. The van der Waals surface area contributed by atoms with Crippen molar-refractivity contribution in [2.75, 3.05) is 0 Å². The van der Waals surface area contributed by atoms with E-state index in [2.05, 4.69) is 5.32 Å². The summed E-state index contributed by atoms with van der Waals surface area (Å²) in [5.74, 6) is -3.09. The molecule has 0 radical (unpaired) electrons. The monoisotopic (exact) mass is 517 g/mol. The Labute approximate surface area is 205 Å². The molecule has 2 aromatic carbocycles. The number of ether oxygens (including phenoxy) is 1. The van der Waals surface area contributed by atoms with E-state index >= 15 is 0 Å². The first kappa shape index (κ1) is 26.6. The van der Waals surface area contributed by atoms with Crippen molar-refractivity contribution in [3.63, 3.8) is 0 Å². The molecule has 0 amide bonds. The average molecular weight is 518 g/mol. The van der Waals surface area contributed by atoms with Gasteiger partial charge < -0.3 is 15.2 Å².